The van der Waals surface area contributed by atoms with E-state index < -0.39 is 6.04 Å². The molecule has 0 fully saturated rings. The number of hydrogen-bond acceptors (Lipinski definition) is 3. The van der Waals surface area contributed by atoms with Crippen molar-refractivity contribution in [3.05, 3.63) is 59.5 Å². The summed E-state index contributed by atoms with van der Waals surface area (Å²) in [5.41, 5.74) is 6.67. The number of fused-ring (bicyclic) bond motifs is 1. The lowest BCUT2D eigenvalue weighted by Crippen LogP contribution is -2.09. The van der Waals surface area contributed by atoms with Crippen LogP contribution in [0.1, 0.15) is 23.3 Å². The number of benzene rings is 1. The van der Waals surface area contributed by atoms with Gasteiger partial charge in [0.2, 0.25) is 0 Å². The van der Waals surface area contributed by atoms with Gasteiger partial charge in [0.1, 0.15) is 34.7 Å². The van der Waals surface area contributed by atoms with Gasteiger partial charge in [-0.05, 0) is 43.3 Å². The molecule has 0 aliphatic rings. The second kappa shape index (κ2) is 3.99. The highest BCUT2D eigenvalue weighted by Gasteiger charge is 2.17. The molecule has 0 aliphatic carbocycles. The van der Waals surface area contributed by atoms with Crippen molar-refractivity contribution in [1.82, 2.24) is 0 Å². The van der Waals surface area contributed by atoms with Crippen LogP contribution < -0.4 is 5.73 Å². The van der Waals surface area contributed by atoms with Gasteiger partial charge in [-0.2, -0.15) is 0 Å². The average Bonchev–Trinajstić information content (AvgIpc) is 2.93. The molecule has 0 saturated heterocycles. The molecule has 1 aromatic carbocycles. The molecule has 2 heterocycles. The van der Waals surface area contributed by atoms with Crippen LogP contribution in [0, 0.1) is 12.7 Å². The van der Waals surface area contributed by atoms with E-state index in [4.69, 9.17) is 14.6 Å². The van der Waals surface area contributed by atoms with Crippen LogP contribution in [0.5, 0.6) is 0 Å². The van der Waals surface area contributed by atoms with Crippen LogP contribution in [0.2, 0.25) is 0 Å². The predicted molar refractivity (Wildman–Crippen MR) is 65.6 cm³/mol. The third kappa shape index (κ3) is 1.80. The minimum absolute atomic E-state index is 0.294. The third-order valence-corrected chi connectivity index (χ3v) is 2.87. The summed E-state index contributed by atoms with van der Waals surface area (Å²) in [6.45, 7) is 1.85. The Bertz CT molecular complexity index is 699. The fourth-order valence-electron chi connectivity index (χ4n) is 1.95. The lowest BCUT2D eigenvalue weighted by atomic mass is 10.1. The molecule has 0 aliphatic heterocycles. The van der Waals surface area contributed by atoms with Crippen molar-refractivity contribution in [1.29, 1.82) is 0 Å². The lowest BCUT2D eigenvalue weighted by molar-refractivity contribution is 0.431. The second-order valence-electron chi connectivity index (χ2n) is 4.26. The van der Waals surface area contributed by atoms with Crippen LogP contribution in [-0.4, -0.2) is 0 Å². The minimum Gasteiger partial charge on any atom is -0.464 e. The zero-order valence-corrected chi connectivity index (χ0v) is 9.81. The Morgan fingerprint density at radius 3 is 2.61 bits per heavy atom. The Labute approximate surface area is 103 Å². The van der Waals surface area contributed by atoms with Gasteiger partial charge >= 0.3 is 0 Å². The van der Waals surface area contributed by atoms with E-state index in [1.807, 2.05) is 19.1 Å². The Morgan fingerprint density at radius 1 is 1.06 bits per heavy atom. The van der Waals surface area contributed by atoms with Crippen molar-refractivity contribution >= 4 is 11.0 Å². The van der Waals surface area contributed by atoms with E-state index in [1.165, 1.54) is 12.1 Å². The topological polar surface area (TPSA) is 52.3 Å². The van der Waals surface area contributed by atoms with Gasteiger partial charge in [-0.3, -0.25) is 0 Å². The highest BCUT2D eigenvalue weighted by molar-refractivity contribution is 5.78. The summed E-state index contributed by atoms with van der Waals surface area (Å²) in [4.78, 5) is 0. The van der Waals surface area contributed by atoms with Gasteiger partial charge in [0.25, 0.3) is 0 Å². The number of rotatable bonds is 2. The number of hydrogen-bond donors (Lipinski definition) is 1. The Kier molecular flexibility index (Phi) is 2.45. The molecule has 3 nitrogen and oxygen atoms in total. The molecular weight excluding hydrogens is 233 g/mol. The molecule has 0 spiro atoms. The molecule has 3 rings (SSSR count). The van der Waals surface area contributed by atoms with Gasteiger partial charge < -0.3 is 14.6 Å². The SMILES string of the molecule is Cc1ccc(C(N)c2cc3cc(F)ccc3o2)o1. The fourth-order valence-corrected chi connectivity index (χ4v) is 1.95. The maximum Gasteiger partial charge on any atom is 0.134 e. The number of furan rings is 2. The van der Waals surface area contributed by atoms with E-state index >= 15 is 0 Å². The van der Waals surface area contributed by atoms with Crippen LogP contribution in [-0.2, 0) is 0 Å². The standard InChI is InChI=1S/C14H12FNO2/c1-8-2-4-12(17-8)14(16)13-7-9-6-10(15)3-5-11(9)18-13/h2-7,14H,16H2,1H3. The maximum absolute atomic E-state index is 13.1. The van der Waals surface area contributed by atoms with Crippen molar-refractivity contribution in [2.24, 2.45) is 5.73 Å². The molecule has 1 unspecified atom stereocenters. The van der Waals surface area contributed by atoms with Crippen LogP contribution in [0.3, 0.4) is 0 Å². The van der Waals surface area contributed by atoms with Crippen LogP contribution in [0.15, 0.2) is 45.2 Å². The fraction of sp³-hybridized carbons (Fsp3) is 0.143. The van der Waals surface area contributed by atoms with Crippen LogP contribution >= 0.6 is 0 Å². The maximum atomic E-state index is 13.1. The summed E-state index contributed by atoms with van der Waals surface area (Å²) in [5.74, 6) is 1.69. The van der Waals surface area contributed by atoms with Gasteiger partial charge in [-0.15, -0.1) is 0 Å². The number of halogens is 1. The monoisotopic (exact) mass is 245 g/mol. The van der Waals surface area contributed by atoms with E-state index in [0.717, 1.165) is 5.76 Å². The van der Waals surface area contributed by atoms with Crippen molar-refractivity contribution < 1.29 is 13.2 Å². The highest BCUT2D eigenvalue weighted by Crippen LogP contribution is 2.28. The molecule has 0 radical (unpaired) electrons. The van der Waals surface area contributed by atoms with Crippen molar-refractivity contribution in [3.63, 3.8) is 0 Å². The Balaban J connectivity index is 2.03. The van der Waals surface area contributed by atoms with E-state index in [2.05, 4.69) is 0 Å². The van der Waals surface area contributed by atoms with E-state index in [0.29, 0.717) is 22.5 Å². The Morgan fingerprint density at radius 2 is 1.89 bits per heavy atom. The van der Waals surface area contributed by atoms with Crippen molar-refractivity contribution in [2.75, 3.05) is 0 Å². The van der Waals surface area contributed by atoms with E-state index in [1.54, 1.807) is 12.1 Å². The third-order valence-electron chi connectivity index (χ3n) is 2.87. The van der Waals surface area contributed by atoms with E-state index in [-0.39, 0.29) is 5.82 Å². The van der Waals surface area contributed by atoms with Gasteiger partial charge in [-0.1, -0.05) is 0 Å². The molecule has 1 atom stereocenters. The molecule has 3 aromatic rings. The summed E-state index contributed by atoms with van der Waals surface area (Å²) in [6.07, 6.45) is 0. The molecule has 18 heavy (non-hydrogen) atoms. The quantitative estimate of drug-likeness (QED) is 0.751. The second-order valence-corrected chi connectivity index (χ2v) is 4.26. The first-order valence-corrected chi connectivity index (χ1v) is 5.64. The van der Waals surface area contributed by atoms with Crippen molar-refractivity contribution in [3.8, 4) is 0 Å². The summed E-state index contributed by atoms with van der Waals surface area (Å²) in [6, 6.07) is 9.29. The van der Waals surface area contributed by atoms with Gasteiger partial charge in [0.15, 0.2) is 0 Å². The van der Waals surface area contributed by atoms with Gasteiger partial charge in [0.05, 0.1) is 0 Å². The Hall–Kier alpha value is -2.07. The summed E-state index contributed by atoms with van der Waals surface area (Å²) in [5, 5.41) is 0.698. The van der Waals surface area contributed by atoms with Crippen LogP contribution in [0.25, 0.3) is 11.0 Å². The molecule has 0 bridgehead atoms. The molecule has 2 N–H and O–H groups in total. The molecule has 4 heteroatoms. The highest BCUT2D eigenvalue weighted by atomic mass is 19.1. The zero-order chi connectivity index (χ0) is 12.7. The van der Waals surface area contributed by atoms with E-state index in [9.17, 15) is 4.39 Å². The van der Waals surface area contributed by atoms with Crippen LogP contribution in [0.4, 0.5) is 4.39 Å². The molecule has 2 aromatic heterocycles. The molecule has 92 valence electrons. The molecule has 0 amide bonds. The zero-order valence-electron chi connectivity index (χ0n) is 9.81. The number of nitrogens with two attached hydrogens (primary N) is 1. The van der Waals surface area contributed by atoms with Gasteiger partial charge in [0, 0.05) is 5.39 Å². The molecule has 0 saturated carbocycles. The average molecular weight is 245 g/mol. The normalized spacial score (nSPS) is 13.1. The first-order valence-electron chi connectivity index (χ1n) is 5.64. The molecular formula is C14H12FNO2. The summed E-state index contributed by atoms with van der Waals surface area (Å²) >= 11 is 0. The summed E-state index contributed by atoms with van der Waals surface area (Å²) in [7, 11) is 0. The first kappa shape index (κ1) is 11.0. The number of aryl methyl sites for hydroxylation is 1. The lowest BCUT2D eigenvalue weighted by Gasteiger charge is -2.04. The smallest absolute Gasteiger partial charge is 0.134 e. The minimum atomic E-state index is -0.478. The van der Waals surface area contributed by atoms with Gasteiger partial charge in [-0.25, -0.2) is 4.39 Å². The van der Waals surface area contributed by atoms with Crippen molar-refractivity contribution in [2.45, 2.75) is 13.0 Å². The summed E-state index contributed by atoms with van der Waals surface area (Å²) < 4.78 is 24.1. The first-order chi connectivity index (χ1) is 8.63. The predicted octanol–water partition coefficient (Wildman–Crippen LogP) is 3.52. The largest absolute Gasteiger partial charge is 0.464 e.